The number of aryl methyl sites for hydroxylation is 1. The van der Waals surface area contributed by atoms with Crippen LogP contribution in [0.15, 0.2) is 16.7 Å². The number of hydrogen-bond donors (Lipinski definition) is 0. The van der Waals surface area contributed by atoms with Crippen LogP contribution >= 0.6 is 0 Å². The van der Waals surface area contributed by atoms with Crippen molar-refractivity contribution in [2.24, 2.45) is 0 Å². The van der Waals surface area contributed by atoms with E-state index >= 15 is 0 Å². The highest BCUT2D eigenvalue weighted by Gasteiger charge is 2.33. The number of rotatable bonds is 5. The molecule has 0 radical (unpaired) electrons. The Labute approximate surface area is 144 Å². The Morgan fingerprint density at radius 3 is 2.88 bits per heavy atom. The Kier molecular flexibility index (Phi) is 3.24. The fourth-order valence-electron chi connectivity index (χ4n) is 3.16. The molecule has 0 spiro atoms. The van der Waals surface area contributed by atoms with Gasteiger partial charge in [0.2, 0.25) is 5.89 Å². The van der Waals surface area contributed by atoms with Crippen LogP contribution in [0, 0.1) is 6.92 Å². The molecule has 9 heteroatoms. The zero-order valence-corrected chi connectivity index (χ0v) is 14.3. The van der Waals surface area contributed by atoms with Crippen molar-refractivity contribution in [1.29, 1.82) is 0 Å². The van der Waals surface area contributed by atoms with Gasteiger partial charge in [0.15, 0.2) is 17.3 Å². The maximum absolute atomic E-state index is 5.33. The van der Waals surface area contributed by atoms with Gasteiger partial charge in [0.1, 0.15) is 5.82 Å². The second kappa shape index (κ2) is 5.48. The van der Waals surface area contributed by atoms with E-state index in [1.807, 2.05) is 19.1 Å². The average molecular weight is 340 g/mol. The van der Waals surface area contributed by atoms with Crippen LogP contribution in [-0.2, 0) is 6.54 Å². The lowest BCUT2D eigenvalue weighted by Gasteiger charge is -2.44. The predicted molar refractivity (Wildman–Crippen MR) is 89.3 cm³/mol. The molecule has 3 aromatic heterocycles. The summed E-state index contributed by atoms with van der Waals surface area (Å²) >= 11 is 0. The molecule has 0 aromatic carbocycles. The first kappa shape index (κ1) is 14.8. The molecule has 4 heterocycles. The van der Waals surface area contributed by atoms with Crippen molar-refractivity contribution in [3.8, 4) is 0 Å². The number of fused-ring (bicyclic) bond motifs is 1. The highest BCUT2D eigenvalue weighted by atomic mass is 16.5. The van der Waals surface area contributed by atoms with Crippen molar-refractivity contribution in [3.63, 3.8) is 0 Å². The minimum Gasteiger partial charge on any atom is -0.352 e. The quantitative estimate of drug-likeness (QED) is 0.680. The van der Waals surface area contributed by atoms with Crippen LogP contribution in [0.5, 0.6) is 0 Å². The first-order valence-electron chi connectivity index (χ1n) is 8.64. The van der Waals surface area contributed by atoms with Crippen molar-refractivity contribution in [2.45, 2.75) is 38.3 Å². The predicted octanol–water partition coefficient (Wildman–Crippen LogP) is 1.01. The van der Waals surface area contributed by atoms with Gasteiger partial charge in [0.05, 0.1) is 6.54 Å². The summed E-state index contributed by atoms with van der Waals surface area (Å²) in [6.07, 6.45) is 2.36. The van der Waals surface area contributed by atoms with Crippen LogP contribution in [0.3, 0.4) is 0 Å². The van der Waals surface area contributed by atoms with E-state index in [-0.39, 0.29) is 0 Å². The van der Waals surface area contributed by atoms with Gasteiger partial charge >= 0.3 is 0 Å². The van der Waals surface area contributed by atoms with Crippen LogP contribution in [-0.4, -0.2) is 61.0 Å². The molecule has 5 rings (SSSR count). The fraction of sp³-hybridized carbons (Fsp3) is 0.562. The van der Waals surface area contributed by atoms with Gasteiger partial charge in [-0.3, -0.25) is 4.90 Å². The smallest absolute Gasteiger partial charge is 0.229 e. The Bertz CT molecular complexity index is 908. The van der Waals surface area contributed by atoms with Crippen LogP contribution in [0.25, 0.3) is 5.65 Å². The summed E-state index contributed by atoms with van der Waals surface area (Å²) in [6.45, 7) is 4.49. The number of likely N-dealkylation sites (N-methyl/N-ethyl adjacent to an activating group) is 1. The molecule has 2 fully saturated rings. The van der Waals surface area contributed by atoms with Crippen molar-refractivity contribution in [3.05, 3.63) is 29.7 Å². The highest BCUT2D eigenvalue weighted by molar-refractivity contribution is 5.47. The molecule has 130 valence electrons. The molecule has 0 amide bonds. The van der Waals surface area contributed by atoms with Crippen LogP contribution in [0.1, 0.15) is 36.3 Å². The van der Waals surface area contributed by atoms with Gasteiger partial charge in [0, 0.05) is 25.0 Å². The van der Waals surface area contributed by atoms with E-state index in [4.69, 9.17) is 4.52 Å². The largest absolute Gasteiger partial charge is 0.352 e. The van der Waals surface area contributed by atoms with Gasteiger partial charge in [0.25, 0.3) is 0 Å². The topological polar surface area (TPSA) is 88.5 Å². The van der Waals surface area contributed by atoms with Crippen molar-refractivity contribution < 1.29 is 4.52 Å². The van der Waals surface area contributed by atoms with Gasteiger partial charge in [-0.25, -0.2) is 0 Å². The first-order chi connectivity index (χ1) is 12.2. The molecule has 0 bridgehead atoms. The Balaban J connectivity index is 1.21. The molecule has 9 nitrogen and oxygen atoms in total. The minimum atomic E-state index is 0.461. The van der Waals surface area contributed by atoms with Crippen LogP contribution < -0.4 is 4.90 Å². The summed E-state index contributed by atoms with van der Waals surface area (Å²) in [5.74, 6) is 3.85. The van der Waals surface area contributed by atoms with Gasteiger partial charge in [-0.2, -0.15) is 9.50 Å². The first-order valence-corrected chi connectivity index (χ1v) is 8.64. The molecule has 25 heavy (non-hydrogen) atoms. The number of anilines is 1. The summed E-state index contributed by atoms with van der Waals surface area (Å²) in [5, 5.41) is 16.8. The molecule has 1 saturated heterocycles. The minimum absolute atomic E-state index is 0.461. The van der Waals surface area contributed by atoms with E-state index in [1.54, 1.807) is 4.52 Å². The van der Waals surface area contributed by atoms with Crippen molar-refractivity contribution in [1.82, 2.24) is 34.9 Å². The normalized spacial score (nSPS) is 18.3. The van der Waals surface area contributed by atoms with E-state index < -0.39 is 0 Å². The summed E-state index contributed by atoms with van der Waals surface area (Å²) in [6, 6.07) is 4.42. The third-order valence-corrected chi connectivity index (χ3v) is 5.02. The molecule has 0 N–H and O–H groups in total. The van der Waals surface area contributed by atoms with E-state index in [9.17, 15) is 0 Å². The SMILES string of the molecule is Cc1nnc2ccc(N3CC(N(C)Cc4noc(C5CC5)n4)C3)nn12. The van der Waals surface area contributed by atoms with Crippen LogP contribution in [0.2, 0.25) is 0 Å². The molecule has 1 saturated carbocycles. The number of hydrogen-bond acceptors (Lipinski definition) is 8. The molecule has 1 aliphatic heterocycles. The second-order valence-electron chi connectivity index (χ2n) is 7.01. The fourth-order valence-corrected chi connectivity index (χ4v) is 3.16. The van der Waals surface area contributed by atoms with Gasteiger partial charge in [-0.15, -0.1) is 15.3 Å². The zero-order chi connectivity index (χ0) is 17.0. The second-order valence-corrected chi connectivity index (χ2v) is 7.01. The summed E-state index contributed by atoms with van der Waals surface area (Å²) in [5.41, 5.74) is 0.777. The Morgan fingerprint density at radius 2 is 2.08 bits per heavy atom. The number of aromatic nitrogens is 6. The van der Waals surface area contributed by atoms with Crippen molar-refractivity contribution in [2.75, 3.05) is 25.0 Å². The molecular weight excluding hydrogens is 320 g/mol. The van der Waals surface area contributed by atoms with E-state index in [0.717, 1.165) is 42.1 Å². The lowest BCUT2D eigenvalue weighted by molar-refractivity contribution is 0.190. The molecule has 0 unspecified atom stereocenters. The van der Waals surface area contributed by atoms with Gasteiger partial charge < -0.3 is 9.42 Å². The average Bonchev–Trinajstić information content (AvgIpc) is 3.21. The Hall–Kier alpha value is -2.55. The zero-order valence-electron chi connectivity index (χ0n) is 14.3. The van der Waals surface area contributed by atoms with E-state index in [1.165, 1.54) is 12.8 Å². The maximum Gasteiger partial charge on any atom is 0.229 e. The lowest BCUT2D eigenvalue weighted by atomic mass is 10.1. The maximum atomic E-state index is 5.33. The monoisotopic (exact) mass is 340 g/mol. The molecule has 2 aliphatic rings. The van der Waals surface area contributed by atoms with E-state index in [2.05, 4.69) is 42.3 Å². The van der Waals surface area contributed by atoms with E-state index in [0.29, 0.717) is 18.5 Å². The molecule has 3 aromatic rings. The molecule has 1 aliphatic carbocycles. The van der Waals surface area contributed by atoms with Crippen LogP contribution in [0.4, 0.5) is 5.82 Å². The Morgan fingerprint density at radius 1 is 1.24 bits per heavy atom. The number of nitrogens with zero attached hydrogens (tertiary/aromatic N) is 8. The summed E-state index contributed by atoms with van der Waals surface area (Å²) < 4.78 is 7.12. The third-order valence-electron chi connectivity index (χ3n) is 5.02. The highest BCUT2D eigenvalue weighted by Crippen LogP contribution is 2.38. The standard InChI is InChI=1S/C16H20N8O/c1-10-18-19-14-5-6-15(20-24(10)14)23-7-12(8-23)22(2)9-13-17-16(25-21-13)11-3-4-11/h5-6,11-12H,3-4,7-9H2,1-2H3. The van der Waals surface area contributed by atoms with Gasteiger partial charge in [-0.05, 0) is 38.9 Å². The summed E-state index contributed by atoms with van der Waals surface area (Å²) in [4.78, 5) is 9.04. The van der Waals surface area contributed by atoms with Crippen molar-refractivity contribution >= 4 is 11.5 Å². The third kappa shape index (κ3) is 2.64. The van der Waals surface area contributed by atoms with Gasteiger partial charge in [-0.1, -0.05) is 5.16 Å². The summed E-state index contributed by atoms with van der Waals surface area (Å²) in [7, 11) is 2.11. The molecule has 0 atom stereocenters. The lowest BCUT2D eigenvalue weighted by Crippen LogP contribution is -2.58. The molecular formula is C16H20N8O.